The molecule has 1 heterocycles. The number of nitrogens with zero attached hydrogens (tertiary/aromatic N) is 2. The summed E-state index contributed by atoms with van der Waals surface area (Å²) in [6.07, 6.45) is 0. The van der Waals surface area contributed by atoms with E-state index in [1.807, 2.05) is 18.2 Å². The number of rotatable bonds is 2. The van der Waals surface area contributed by atoms with Crippen LogP contribution in [0.2, 0.25) is 0 Å². The molecular formula is C13H14N2OS. The third-order valence-electron chi connectivity index (χ3n) is 2.14. The zero-order chi connectivity index (χ0) is 12.5. The van der Waals surface area contributed by atoms with Gasteiger partial charge in [0, 0.05) is 0 Å². The maximum absolute atomic E-state index is 8.85. The van der Waals surface area contributed by atoms with Gasteiger partial charge in [0.15, 0.2) is 5.01 Å². The van der Waals surface area contributed by atoms with Crippen LogP contribution < -0.4 is 4.74 Å². The van der Waals surface area contributed by atoms with Crippen LogP contribution in [-0.2, 0) is 0 Å². The Morgan fingerprint density at radius 3 is 2.82 bits per heavy atom. The Kier molecular flexibility index (Phi) is 3.03. The third-order valence-corrected chi connectivity index (χ3v) is 3.06. The third kappa shape index (κ3) is 2.75. The van der Waals surface area contributed by atoms with Crippen molar-refractivity contribution in [3.8, 4) is 11.8 Å². The molecule has 2 aromatic rings. The van der Waals surface area contributed by atoms with Gasteiger partial charge in [-0.1, -0.05) is 26.8 Å². The Bertz CT molecular complexity index is 575. The highest BCUT2D eigenvalue weighted by Gasteiger charge is 2.14. The van der Waals surface area contributed by atoms with E-state index < -0.39 is 0 Å². The van der Waals surface area contributed by atoms with E-state index in [0.717, 1.165) is 16.0 Å². The SMILES string of the molecule is CC(C)(C)COc1cccc2sc(C#N)nc12. The van der Waals surface area contributed by atoms with E-state index in [1.54, 1.807) is 0 Å². The molecule has 0 fully saturated rings. The predicted molar refractivity (Wildman–Crippen MR) is 69.3 cm³/mol. The molecule has 0 N–H and O–H groups in total. The first-order valence-corrected chi connectivity index (χ1v) is 6.24. The van der Waals surface area contributed by atoms with Crippen LogP contribution in [0.5, 0.6) is 5.75 Å². The Balaban J connectivity index is 2.34. The van der Waals surface area contributed by atoms with Crippen molar-refractivity contribution in [1.29, 1.82) is 5.26 Å². The molecule has 1 aromatic heterocycles. The number of benzene rings is 1. The number of nitriles is 1. The first-order valence-electron chi connectivity index (χ1n) is 5.42. The molecular weight excluding hydrogens is 232 g/mol. The number of hydrogen-bond acceptors (Lipinski definition) is 4. The van der Waals surface area contributed by atoms with Crippen LogP contribution in [0.4, 0.5) is 0 Å². The predicted octanol–water partition coefficient (Wildman–Crippen LogP) is 3.59. The number of hydrogen-bond donors (Lipinski definition) is 0. The van der Waals surface area contributed by atoms with E-state index in [1.165, 1.54) is 11.3 Å². The van der Waals surface area contributed by atoms with E-state index >= 15 is 0 Å². The summed E-state index contributed by atoms with van der Waals surface area (Å²) in [5, 5.41) is 9.32. The summed E-state index contributed by atoms with van der Waals surface area (Å²) in [7, 11) is 0. The minimum Gasteiger partial charge on any atom is -0.491 e. The van der Waals surface area contributed by atoms with Crippen LogP contribution in [0.15, 0.2) is 18.2 Å². The number of thiazole rings is 1. The molecule has 0 amide bonds. The van der Waals surface area contributed by atoms with Crippen molar-refractivity contribution in [2.24, 2.45) is 5.41 Å². The summed E-state index contributed by atoms with van der Waals surface area (Å²) < 4.78 is 6.77. The first kappa shape index (κ1) is 11.9. The molecule has 3 nitrogen and oxygen atoms in total. The maximum Gasteiger partial charge on any atom is 0.195 e. The van der Waals surface area contributed by atoms with Gasteiger partial charge >= 0.3 is 0 Å². The lowest BCUT2D eigenvalue weighted by molar-refractivity contribution is 0.199. The van der Waals surface area contributed by atoms with Crippen LogP contribution in [0.25, 0.3) is 10.2 Å². The van der Waals surface area contributed by atoms with Gasteiger partial charge in [0.1, 0.15) is 17.3 Å². The largest absolute Gasteiger partial charge is 0.491 e. The van der Waals surface area contributed by atoms with E-state index in [9.17, 15) is 0 Å². The Morgan fingerprint density at radius 2 is 2.18 bits per heavy atom. The van der Waals surface area contributed by atoms with Crippen LogP contribution >= 0.6 is 11.3 Å². The molecule has 0 aliphatic rings. The van der Waals surface area contributed by atoms with Crippen molar-refractivity contribution in [3.05, 3.63) is 23.2 Å². The van der Waals surface area contributed by atoms with Gasteiger partial charge in [-0.25, -0.2) is 4.98 Å². The topological polar surface area (TPSA) is 45.9 Å². The monoisotopic (exact) mass is 246 g/mol. The standard InChI is InChI=1S/C13H14N2OS/c1-13(2,3)8-16-9-5-4-6-10-12(9)15-11(7-14)17-10/h4-6H,8H2,1-3H3. The van der Waals surface area contributed by atoms with Crippen LogP contribution in [0, 0.1) is 16.7 Å². The van der Waals surface area contributed by atoms with Crippen LogP contribution in [0.1, 0.15) is 25.8 Å². The van der Waals surface area contributed by atoms with Crippen molar-refractivity contribution in [2.75, 3.05) is 6.61 Å². The molecule has 88 valence electrons. The van der Waals surface area contributed by atoms with Gasteiger partial charge in [-0.05, 0) is 17.5 Å². The number of aromatic nitrogens is 1. The zero-order valence-electron chi connectivity index (χ0n) is 10.2. The summed E-state index contributed by atoms with van der Waals surface area (Å²) in [5.41, 5.74) is 0.897. The lowest BCUT2D eigenvalue weighted by atomic mass is 9.99. The highest BCUT2D eigenvalue weighted by atomic mass is 32.1. The van der Waals surface area contributed by atoms with Gasteiger partial charge in [0.2, 0.25) is 0 Å². The molecule has 0 spiro atoms. The molecule has 0 aliphatic carbocycles. The van der Waals surface area contributed by atoms with Crippen molar-refractivity contribution in [3.63, 3.8) is 0 Å². The smallest absolute Gasteiger partial charge is 0.195 e. The fourth-order valence-electron chi connectivity index (χ4n) is 1.38. The second-order valence-corrected chi connectivity index (χ2v) is 6.11. The van der Waals surface area contributed by atoms with Crippen molar-refractivity contribution in [2.45, 2.75) is 20.8 Å². The van der Waals surface area contributed by atoms with E-state index in [4.69, 9.17) is 10.00 Å². The molecule has 0 atom stereocenters. The summed E-state index contributed by atoms with van der Waals surface area (Å²) in [6.45, 7) is 6.99. The van der Waals surface area contributed by atoms with Gasteiger partial charge in [-0.15, -0.1) is 11.3 Å². The molecule has 4 heteroatoms. The van der Waals surface area contributed by atoms with E-state index in [2.05, 4.69) is 31.8 Å². The van der Waals surface area contributed by atoms with Crippen molar-refractivity contribution in [1.82, 2.24) is 4.98 Å². The van der Waals surface area contributed by atoms with Crippen LogP contribution in [-0.4, -0.2) is 11.6 Å². The second kappa shape index (κ2) is 4.34. The number of ether oxygens (including phenoxy) is 1. The Hall–Kier alpha value is -1.60. The van der Waals surface area contributed by atoms with Gasteiger partial charge < -0.3 is 4.74 Å². The quantitative estimate of drug-likeness (QED) is 0.813. The molecule has 17 heavy (non-hydrogen) atoms. The minimum absolute atomic E-state index is 0.107. The average molecular weight is 246 g/mol. The highest BCUT2D eigenvalue weighted by molar-refractivity contribution is 7.19. The number of fused-ring (bicyclic) bond motifs is 1. The van der Waals surface area contributed by atoms with Crippen molar-refractivity contribution >= 4 is 21.6 Å². The maximum atomic E-state index is 8.85. The summed E-state index contributed by atoms with van der Waals surface area (Å²) >= 11 is 1.39. The van der Waals surface area contributed by atoms with Gasteiger partial charge in [-0.2, -0.15) is 5.26 Å². The van der Waals surface area contributed by atoms with Crippen LogP contribution in [0.3, 0.4) is 0 Å². The summed E-state index contributed by atoms with van der Waals surface area (Å²) in [4.78, 5) is 4.26. The van der Waals surface area contributed by atoms with Crippen molar-refractivity contribution < 1.29 is 4.74 Å². The van der Waals surface area contributed by atoms with Gasteiger partial charge in [0.25, 0.3) is 0 Å². The second-order valence-electron chi connectivity index (χ2n) is 5.08. The zero-order valence-corrected chi connectivity index (χ0v) is 11.0. The summed E-state index contributed by atoms with van der Waals surface area (Å²) in [5.74, 6) is 0.759. The normalized spacial score (nSPS) is 11.4. The van der Waals surface area contributed by atoms with Gasteiger partial charge in [-0.3, -0.25) is 0 Å². The molecule has 0 bridgehead atoms. The molecule has 0 saturated carbocycles. The fourth-order valence-corrected chi connectivity index (χ4v) is 2.16. The van der Waals surface area contributed by atoms with E-state index in [-0.39, 0.29) is 5.41 Å². The lowest BCUT2D eigenvalue weighted by Crippen LogP contribution is -2.16. The Morgan fingerprint density at radius 1 is 1.41 bits per heavy atom. The molecule has 2 rings (SSSR count). The lowest BCUT2D eigenvalue weighted by Gasteiger charge is -2.18. The molecule has 0 aliphatic heterocycles. The Labute approximate surface area is 105 Å². The fraction of sp³-hybridized carbons (Fsp3) is 0.385. The minimum atomic E-state index is 0.107. The summed E-state index contributed by atoms with van der Waals surface area (Å²) in [6, 6.07) is 7.85. The molecule has 0 saturated heterocycles. The highest BCUT2D eigenvalue weighted by Crippen LogP contribution is 2.30. The molecule has 0 unspecified atom stereocenters. The van der Waals surface area contributed by atoms with Gasteiger partial charge in [0.05, 0.1) is 11.3 Å². The first-order chi connectivity index (χ1) is 7.99. The molecule has 1 aromatic carbocycles. The number of para-hydroxylation sites is 1. The van der Waals surface area contributed by atoms with E-state index in [0.29, 0.717) is 11.6 Å². The molecule has 0 radical (unpaired) electrons. The average Bonchev–Trinajstić information content (AvgIpc) is 2.68.